The Morgan fingerprint density at radius 3 is 2.02 bits per heavy atom. The van der Waals surface area contributed by atoms with Crippen molar-refractivity contribution < 1.29 is 61.9 Å². The first-order valence-electron chi connectivity index (χ1n) is 16.8. The summed E-state index contributed by atoms with van der Waals surface area (Å²) >= 11 is 0. The van der Waals surface area contributed by atoms with Crippen LogP contribution in [0.1, 0.15) is 101 Å². The third-order valence-corrected chi connectivity index (χ3v) is 10.3. The molecule has 1 saturated carbocycles. The van der Waals surface area contributed by atoms with Crippen molar-refractivity contribution in [3.63, 3.8) is 0 Å². The molecule has 0 N–H and O–H groups in total. The van der Waals surface area contributed by atoms with Gasteiger partial charge < -0.3 is 33.2 Å². The zero-order valence-corrected chi connectivity index (χ0v) is 29.6. The fourth-order valence-corrected chi connectivity index (χ4v) is 8.23. The number of fused-ring (bicyclic) bond motifs is 1. The lowest BCUT2D eigenvalue weighted by Crippen LogP contribution is -2.68. The summed E-state index contributed by atoms with van der Waals surface area (Å²) in [6.45, 7) is 16.1. The maximum atomic E-state index is 13.4. The van der Waals surface area contributed by atoms with Crippen molar-refractivity contribution in [2.75, 3.05) is 0 Å². The van der Waals surface area contributed by atoms with Crippen LogP contribution in [-0.4, -0.2) is 83.6 Å². The van der Waals surface area contributed by atoms with E-state index in [-0.39, 0.29) is 31.6 Å². The van der Waals surface area contributed by atoms with Gasteiger partial charge in [-0.1, -0.05) is 40.2 Å². The van der Waals surface area contributed by atoms with Crippen LogP contribution in [0.5, 0.6) is 0 Å². The van der Waals surface area contributed by atoms with Gasteiger partial charge in [0.15, 0.2) is 17.3 Å². The summed E-state index contributed by atoms with van der Waals surface area (Å²) in [5.41, 5.74) is -3.91. The van der Waals surface area contributed by atoms with E-state index < -0.39 is 101 Å². The molecule has 2 heterocycles. The van der Waals surface area contributed by atoms with E-state index in [0.29, 0.717) is 12.0 Å². The van der Waals surface area contributed by atoms with Gasteiger partial charge in [-0.05, 0) is 32.3 Å². The average molecular weight is 679 g/mol. The van der Waals surface area contributed by atoms with Gasteiger partial charge in [0.05, 0.1) is 5.41 Å². The number of rotatable bonds is 9. The number of ether oxygens (including phenoxy) is 7. The zero-order chi connectivity index (χ0) is 35.9. The lowest BCUT2D eigenvalue weighted by molar-refractivity contribution is -0.248. The second kappa shape index (κ2) is 13.8. The van der Waals surface area contributed by atoms with Crippen LogP contribution in [-0.2, 0) is 61.9 Å². The number of epoxide rings is 1. The fraction of sp³-hybridized carbons (Fsp3) is 0.771. The Morgan fingerprint density at radius 1 is 0.896 bits per heavy atom. The molecule has 2 aliphatic heterocycles. The molecule has 3 fully saturated rings. The van der Waals surface area contributed by atoms with Crippen molar-refractivity contribution in [1.29, 1.82) is 0 Å². The van der Waals surface area contributed by atoms with E-state index >= 15 is 0 Å². The molecule has 2 saturated heterocycles. The first-order valence-corrected chi connectivity index (χ1v) is 16.8. The third-order valence-electron chi connectivity index (χ3n) is 10.3. The van der Waals surface area contributed by atoms with Gasteiger partial charge in [-0.2, -0.15) is 0 Å². The summed E-state index contributed by atoms with van der Waals surface area (Å²) in [7, 11) is 0. The molecule has 13 nitrogen and oxygen atoms in total. The molecule has 1 spiro atoms. The molecule has 48 heavy (non-hydrogen) atoms. The molecule has 0 radical (unpaired) electrons. The summed E-state index contributed by atoms with van der Waals surface area (Å²) in [5, 5.41) is 0. The summed E-state index contributed by atoms with van der Waals surface area (Å²) < 4.78 is 42.5. The lowest BCUT2D eigenvalue weighted by Gasteiger charge is -2.57. The number of carbonyl (C=O) groups is 6. The molecular weight excluding hydrogens is 628 g/mol. The highest BCUT2D eigenvalue weighted by atomic mass is 16.7. The van der Waals surface area contributed by atoms with Gasteiger partial charge in [0.2, 0.25) is 0 Å². The molecule has 0 bridgehead atoms. The standard InChI is InChI=1S/C35H50O13/c1-11-12-27(39)46-24-14-18(4)15-26-35(34(10,48-35)32(41)47-26)31(44-22(8)38)29-19(5)23(45-28(40)13-17(2)3)16-25(42-20(6)36)33(29,9)30(24)43-21(7)37/h15,17,19,23-26,29-31H,11-14,16H2,1-10H3. The minimum absolute atomic E-state index is 0.00261. The molecule has 0 aromatic rings. The molecule has 268 valence electrons. The van der Waals surface area contributed by atoms with Gasteiger partial charge in [-0.25, -0.2) is 4.79 Å². The predicted octanol–water partition coefficient (Wildman–Crippen LogP) is 3.92. The van der Waals surface area contributed by atoms with Crippen LogP contribution in [0.3, 0.4) is 0 Å². The summed E-state index contributed by atoms with van der Waals surface area (Å²) in [5.74, 6) is -5.37. The van der Waals surface area contributed by atoms with E-state index in [2.05, 4.69) is 0 Å². The van der Waals surface area contributed by atoms with E-state index in [9.17, 15) is 28.8 Å². The second-order valence-electron chi connectivity index (χ2n) is 14.5. The molecular formula is C35H50O13. The Labute approximate surface area is 281 Å². The Kier molecular flexibility index (Phi) is 10.7. The summed E-state index contributed by atoms with van der Waals surface area (Å²) in [6.07, 6.45) is -4.21. The molecule has 0 aromatic carbocycles. The highest BCUT2D eigenvalue weighted by Crippen LogP contribution is 2.66. The van der Waals surface area contributed by atoms with E-state index in [1.165, 1.54) is 20.8 Å². The van der Waals surface area contributed by atoms with Crippen molar-refractivity contribution in [2.24, 2.45) is 23.2 Å². The van der Waals surface area contributed by atoms with E-state index in [1.807, 2.05) is 20.8 Å². The molecule has 13 heteroatoms. The van der Waals surface area contributed by atoms with E-state index in [1.54, 1.807) is 33.8 Å². The highest BCUT2D eigenvalue weighted by Gasteiger charge is 2.87. The van der Waals surface area contributed by atoms with Crippen LogP contribution in [0.15, 0.2) is 11.6 Å². The van der Waals surface area contributed by atoms with Crippen molar-refractivity contribution in [3.05, 3.63) is 11.6 Å². The number of hydrogen-bond donors (Lipinski definition) is 0. The SMILES string of the molecule is CCCC(=O)OC1CC(C)=CC2OC(=O)C3(C)OC23C(OC(C)=O)C2C(C)C(OC(=O)CC(C)C)CC(OC(C)=O)C2(C)C1OC(C)=O. The molecule has 11 atom stereocenters. The topological polar surface area (TPSA) is 170 Å². The Morgan fingerprint density at radius 2 is 1.48 bits per heavy atom. The highest BCUT2D eigenvalue weighted by molar-refractivity contribution is 5.89. The fourth-order valence-electron chi connectivity index (χ4n) is 8.23. The first-order chi connectivity index (χ1) is 22.3. The molecule has 4 rings (SSSR count). The Bertz CT molecular complexity index is 1350. The maximum Gasteiger partial charge on any atom is 0.342 e. The molecule has 0 aromatic heterocycles. The largest absolute Gasteiger partial charge is 0.462 e. The molecule has 0 amide bonds. The van der Waals surface area contributed by atoms with E-state index in [0.717, 1.165) is 0 Å². The van der Waals surface area contributed by atoms with Crippen molar-refractivity contribution in [1.82, 2.24) is 0 Å². The molecule has 11 unspecified atom stereocenters. The van der Waals surface area contributed by atoms with Gasteiger partial charge in [-0.3, -0.25) is 24.0 Å². The zero-order valence-electron chi connectivity index (χ0n) is 29.6. The maximum absolute atomic E-state index is 13.4. The number of esters is 6. The summed E-state index contributed by atoms with van der Waals surface area (Å²) in [4.78, 5) is 78.3. The number of hydrogen-bond acceptors (Lipinski definition) is 13. The Balaban J connectivity index is 2.05. The van der Waals surface area contributed by atoms with Gasteiger partial charge in [0.25, 0.3) is 0 Å². The van der Waals surface area contributed by atoms with Gasteiger partial charge in [0.1, 0.15) is 30.5 Å². The van der Waals surface area contributed by atoms with Gasteiger partial charge in [-0.15, -0.1) is 0 Å². The third kappa shape index (κ3) is 6.71. The normalized spacial score (nSPS) is 38.6. The molecule has 4 aliphatic rings. The first kappa shape index (κ1) is 37.3. The lowest BCUT2D eigenvalue weighted by atomic mass is 9.52. The minimum Gasteiger partial charge on any atom is -0.462 e. The van der Waals surface area contributed by atoms with Crippen molar-refractivity contribution in [2.45, 2.75) is 149 Å². The summed E-state index contributed by atoms with van der Waals surface area (Å²) in [6, 6.07) is 0. The van der Waals surface area contributed by atoms with Crippen LogP contribution in [0.4, 0.5) is 0 Å². The second-order valence-corrected chi connectivity index (χ2v) is 14.5. The monoisotopic (exact) mass is 678 g/mol. The van der Waals surface area contributed by atoms with Gasteiger partial charge >= 0.3 is 35.8 Å². The van der Waals surface area contributed by atoms with Crippen molar-refractivity contribution >= 4 is 35.8 Å². The van der Waals surface area contributed by atoms with Crippen LogP contribution in [0.25, 0.3) is 0 Å². The number of carbonyl (C=O) groups excluding carboxylic acids is 6. The van der Waals surface area contributed by atoms with Gasteiger partial charge in [0, 0.05) is 58.3 Å². The van der Waals surface area contributed by atoms with E-state index in [4.69, 9.17) is 33.2 Å². The Hall–Kier alpha value is -3.48. The van der Waals surface area contributed by atoms with Crippen LogP contribution in [0.2, 0.25) is 0 Å². The minimum atomic E-state index is -1.53. The molecule has 2 aliphatic carbocycles. The smallest absolute Gasteiger partial charge is 0.342 e. The van der Waals surface area contributed by atoms with Crippen LogP contribution < -0.4 is 0 Å². The van der Waals surface area contributed by atoms with Crippen LogP contribution in [0, 0.1) is 23.2 Å². The quantitative estimate of drug-likeness (QED) is 0.149. The predicted molar refractivity (Wildman–Crippen MR) is 167 cm³/mol. The average Bonchev–Trinajstić information content (AvgIpc) is 3.53. The van der Waals surface area contributed by atoms with Crippen LogP contribution >= 0.6 is 0 Å². The van der Waals surface area contributed by atoms with Crippen molar-refractivity contribution in [3.8, 4) is 0 Å².